The Morgan fingerprint density at radius 3 is 2.79 bits per heavy atom. The van der Waals surface area contributed by atoms with E-state index >= 15 is 0 Å². The fourth-order valence-corrected chi connectivity index (χ4v) is 1.54. The number of benzene rings is 1. The van der Waals surface area contributed by atoms with Gasteiger partial charge in [-0.25, -0.2) is 8.78 Å². The first-order chi connectivity index (χ1) is 9.08. The Morgan fingerprint density at radius 1 is 1.26 bits per heavy atom. The minimum Gasteiger partial charge on any atom is -0.367 e. The lowest BCUT2D eigenvalue weighted by Crippen LogP contribution is -2.28. The number of hydrogen-bond donors (Lipinski definition) is 2. The molecule has 0 aliphatic heterocycles. The summed E-state index contributed by atoms with van der Waals surface area (Å²) in [4.78, 5) is 25.7. The number of hydrogen-bond acceptors (Lipinski definition) is 2. The van der Waals surface area contributed by atoms with E-state index < -0.39 is 23.0 Å². The zero-order valence-electron chi connectivity index (χ0n) is 9.74. The monoisotopic (exact) mass is 264 g/mol. The predicted octanol–water partition coefficient (Wildman–Crippen LogP) is 1.58. The summed E-state index contributed by atoms with van der Waals surface area (Å²) in [7, 11) is 0. The van der Waals surface area contributed by atoms with Crippen molar-refractivity contribution in [3.8, 4) is 0 Å². The van der Waals surface area contributed by atoms with Crippen LogP contribution in [0.25, 0.3) is 0 Å². The number of pyridine rings is 1. The molecule has 98 valence electrons. The Kier molecular flexibility index (Phi) is 3.70. The smallest absolute Gasteiger partial charge is 0.257 e. The highest BCUT2D eigenvalue weighted by molar-refractivity contribution is 5.93. The lowest BCUT2D eigenvalue weighted by Gasteiger charge is -2.06. The summed E-state index contributed by atoms with van der Waals surface area (Å²) in [6, 6.07) is 4.16. The third kappa shape index (κ3) is 3.04. The summed E-state index contributed by atoms with van der Waals surface area (Å²) < 4.78 is 26.2. The number of rotatable bonds is 3. The summed E-state index contributed by atoms with van der Waals surface area (Å²) in [5.41, 5.74) is -0.518. The van der Waals surface area contributed by atoms with Crippen LogP contribution in [0, 0.1) is 11.6 Å². The van der Waals surface area contributed by atoms with E-state index in [0.717, 1.165) is 18.2 Å². The largest absolute Gasteiger partial charge is 0.367 e. The Morgan fingerprint density at radius 2 is 2.05 bits per heavy atom. The van der Waals surface area contributed by atoms with Gasteiger partial charge in [-0.05, 0) is 18.2 Å². The Labute approximate surface area is 107 Å². The van der Waals surface area contributed by atoms with Gasteiger partial charge in [-0.15, -0.1) is 0 Å². The number of aromatic amines is 1. The van der Waals surface area contributed by atoms with E-state index in [1.807, 2.05) is 0 Å². The molecule has 1 aromatic carbocycles. The molecule has 0 aliphatic carbocycles. The van der Waals surface area contributed by atoms with E-state index in [9.17, 15) is 18.4 Å². The normalized spacial score (nSPS) is 10.2. The van der Waals surface area contributed by atoms with E-state index in [1.165, 1.54) is 18.5 Å². The third-order valence-corrected chi connectivity index (χ3v) is 2.52. The van der Waals surface area contributed by atoms with Gasteiger partial charge in [-0.1, -0.05) is 0 Å². The maximum Gasteiger partial charge on any atom is 0.257 e. The summed E-state index contributed by atoms with van der Waals surface area (Å²) >= 11 is 0. The van der Waals surface area contributed by atoms with E-state index in [4.69, 9.17) is 0 Å². The van der Waals surface area contributed by atoms with Crippen LogP contribution in [0.5, 0.6) is 0 Å². The molecule has 4 nitrogen and oxygen atoms in total. The molecule has 0 bridgehead atoms. The SMILES string of the molecule is O=C(NCc1cc(F)ccc1F)c1c[nH]ccc1=O. The van der Waals surface area contributed by atoms with Crippen LogP contribution in [-0.2, 0) is 6.54 Å². The molecule has 0 spiro atoms. The molecule has 0 saturated heterocycles. The molecular formula is C13H10F2N2O2. The van der Waals surface area contributed by atoms with Gasteiger partial charge in [0.1, 0.15) is 17.2 Å². The highest BCUT2D eigenvalue weighted by Gasteiger charge is 2.10. The van der Waals surface area contributed by atoms with E-state index in [2.05, 4.69) is 10.3 Å². The van der Waals surface area contributed by atoms with Crippen LogP contribution in [0.4, 0.5) is 8.78 Å². The second-order valence-corrected chi connectivity index (χ2v) is 3.84. The van der Waals surface area contributed by atoms with Gasteiger partial charge in [0, 0.05) is 30.6 Å². The van der Waals surface area contributed by atoms with Crippen LogP contribution in [0.15, 0.2) is 41.5 Å². The predicted molar refractivity (Wildman–Crippen MR) is 64.6 cm³/mol. The maximum absolute atomic E-state index is 13.3. The van der Waals surface area contributed by atoms with Gasteiger partial charge in [-0.2, -0.15) is 0 Å². The lowest BCUT2D eigenvalue weighted by molar-refractivity contribution is 0.0949. The average molecular weight is 264 g/mol. The molecule has 0 radical (unpaired) electrons. The van der Waals surface area contributed by atoms with Crippen LogP contribution in [0.2, 0.25) is 0 Å². The summed E-state index contributed by atoms with van der Waals surface area (Å²) in [6.45, 7) is -0.198. The molecule has 19 heavy (non-hydrogen) atoms. The van der Waals surface area contributed by atoms with Gasteiger partial charge in [-0.3, -0.25) is 9.59 Å². The van der Waals surface area contributed by atoms with Crippen LogP contribution >= 0.6 is 0 Å². The molecule has 1 amide bonds. The standard InChI is InChI=1S/C13H10F2N2O2/c14-9-1-2-11(15)8(5-9)6-17-13(19)10-7-16-4-3-12(10)18/h1-5,7H,6H2,(H,16,18)(H,17,19). The minimum atomic E-state index is -0.648. The second kappa shape index (κ2) is 5.43. The molecule has 1 aromatic heterocycles. The molecular weight excluding hydrogens is 254 g/mol. The zero-order valence-corrected chi connectivity index (χ0v) is 9.74. The van der Waals surface area contributed by atoms with Crippen LogP contribution in [0.3, 0.4) is 0 Å². The maximum atomic E-state index is 13.3. The summed E-state index contributed by atoms with van der Waals surface area (Å²) in [5.74, 6) is -1.86. The van der Waals surface area contributed by atoms with Crippen molar-refractivity contribution in [2.45, 2.75) is 6.54 Å². The molecule has 0 aliphatic rings. The van der Waals surface area contributed by atoms with E-state index in [0.29, 0.717) is 0 Å². The van der Waals surface area contributed by atoms with Crippen molar-refractivity contribution >= 4 is 5.91 Å². The molecule has 0 atom stereocenters. The Bertz CT molecular complexity index is 668. The van der Waals surface area contributed by atoms with Gasteiger partial charge in [0.25, 0.3) is 5.91 Å². The van der Waals surface area contributed by atoms with Crippen molar-refractivity contribution in [1.29, 1.82) is 0 Å². The molecule has 2 N–H and O–H groups in total. The number of nitrogens with one attached hydrogen (secondary N) is 2. The Hall–Kier alpha value is -2.50. The number of H-pyrrole nitrogens is 1. The first kappa shape index (κ1) is 12.9. The molecule has 2 rings (SSSR count). The molecule has 0 saturated carbocycles. The van der Waals surface area contributed by atoms with E-state index in [-0.39, 0.29) is 17.7 Å². The number of aromatic nitrogens is 1. The number of amides is 1. The van der Waals surface area contributed by atoms with Gasteiger partial charge in [0.2, 0.25) is 0 Å². The van der Waals surface area contributed by atoms with Crippen molar-refractivity contribution in [2.24, 2.45) is 0 Å². The Balaban J connectivity index is 2.11. The zero-order chi connectivity index (χ0) is 13.8. The first-order valence-electron chi connectivity index (χ1n) is 5.47. The van der Waals surface area contributed by atoms with Crippen molar-refractivity contribution < 1.29 is 13.6 Å². The topological polar surface area (TPSA) is 62.0 Å². The van der Waals surface area contributed by atoms with Crippen molar-refractivity contribution in [3.63, 3.8) is 0 Å². The third-order valence-electron chi connectivity index (χ3n) is 2.52. The van der Waals surface area contributed by atoms with Gasteiger partial charge in [0.05, 0.1) is 0 Å². The average Bonchev–Trinajstić information content (AvgIpc) is 2.40. The van der Waals surface area contributed by atoms with Crippen molar-refractivity contribution in [1.82, 2.24) is 10.3 Å². The van der Waals surface area contributed by atoms with Crippen LogP contribution in [0.1, 0.15) is 15.9 Å². The second-order valence-electron chi connectivity index (χ2n) is 3.84. The highest BCUT2D eigenvalue weighted by atomic mass is 19.1. The summed E-state index contributed by atoms with van der Waals surface area (Å²) in [5, 5.41) is 2.36. The first-order valence-corrected chi connectivity index (χ1v) is 5.47. The fraction of sp³-hybridized carbons (Fsp3) is 0.0769. The van der Waals surface area contributed by atoms with Gasteiger partial charge < -0.3 is 10.3 Å². The minimum absolute atomic E-state index is 0.0145. The van der Waals surface area contributed by atoms with Crippen molar-refractivity contribution in [3.05, 3.63) is 69.6 Å². The van der Waals surface area contributed by atoms with Crippen LogP contribution in [-0.4, -0.2) is 10.9 Å². The van der Waals surface area contributed by atoms with Gasteiger partial charge >= 0.3 is 0 Å². The molecule has 6 heteroatoms. The molecule has 1 heterocycles. The van der Waals surface area contributed by atoms with Crippen LogP contribution < -0.4 is 10.7 Å². The quantitative estimate of drug-likeness (QED) is 0.884. The number of halogens is 2. The van der Waals surface area contributed by atoms with E-state index in [1.54, 1.807) is 0 Å². The molecule has 0 fully saturated rings. The fourth-order valence-electron chi connectivity index (χ4n) is 1.54. The molecule has 2 aromatic rings. The highest BCUT2D eigenvalue weighted by Crippen LogP contribution is 2.09. The number of carbonyl (C=O) groups is 1. The van der Waals surface area contributed by atoms with Gasteiger partial charge in [0.15, 0.2) is 5.43 Å². The molecule has 0 unspecified atom stereocenters. The number of carbonyl (C=O) groups excluding carboxylic acids is 1. The summed E-state index contributed by atoms with van der Waals surface area (Å²) in [6.07, 6.45) is 2.64. The lowest BCUT2D eigenvalue weighted by atomic mass is 10.2. The van der Waals surface area contributed by atoms with Crippen molar-refractivity contribution in [2.75, 3.05) is 0 Å².